The maximum Gasteiger partial charge on any atom is 1.00 e. The van der Waals surface area contributed by atoms with E-state index in [0.29, 0.717) is 0 Å². The Labute approximate surface area is 115 Å². The molecule has 0 saturated carbocycles. The number of aromatic nitrogens is 2. The van der Waals surface area contributed by atoms with Gasteiger partial charge >= 0.3 is 46.4 Å². The average Bonchev–Trinajstić information content (AvgIpc) is 2.58. The fraction of sp³-hybridized carbons (Fsp3) is 0. The van der Waals surface area contributed by atoms with Gasteiger partial charge in [0.2, 0.25) is 5.52 Å². The second-order valence-electron chi connectivity index (χ2n) is 2.75. The number of nitrogens with zero attached hydrogens (tertiary/aromatic N) is 4. The number of benzene rings is 1. The molecule has 17 heavy (non-hydrogen) atoms. The van der Waals surface area contributed by atoms with Crippen molar-refractivity contribution in [3.8, 4) is 0 Å². The first-order valence-corrected chi connectivity index (χ1v) is 3.83. The number of rotatable bonds is 2. The van der Waals surface area contributed by atoms with Gasteiger partial charge in [0.25, 0.3) is 0 Å². The van der Waals surface area contributed by atoms with E-state index in [-0.39, 0.29) is 41.4 Å². The molecule has 1 heterocycles. The van der Waals surface area contributed by atoms with Gasteiger partial charge in [-0.25, -0.2) is 0 Å². The van der Waals surface area contributed by atoms with E-state index in [4.69, 9.17) is 0 Å². The van der Waals surface area contributed by atoms with Crippen molar-refractivity contribution >= 4 is 22.4 Å². The van der Waals surface area contributed by atoms with Crippen molar-refractivity contribution in [2.75, 3.05) is 0 Å². The first-order valence-electron chi connectivity index (χ1n) is 3.83. The SMILES string of the molecule is O=[N+]([O-])c1ccc2c(no[n+]2[O-])c1[N+](=O)[O-].[H-].[Na+]. The van der Waals surface area contributed by atoms with Crippen LogP contribution < -0.4 is 34.5 Å². The van der Waals surface area contributed by atoms with Crippen molar-refractivity contribution in [1.29, 1.82) is 0 Å². The van der Waals surface area contributed by atoms with Crippen molar-refractivity contribution in [3.05, 3.63) is 37.6 Å². The molecule has 0 unspecified atom stereocenters. The summed E-state index contributed by atoms with van der Waals surface area (Å²) < 4.78 is 4.12. The minimum absolute atomic E-state index is 0. The summed E-state index contributed by atoms with van der Waals surface area (Å²) in [5.74, 6) is 0. The van der Waals surface area contributed by atoms with E-state index in [1.807, 2.05) is 0 Å². The third-order valence-electron chi connectivity index (χ3n) is 1.89. The number of hydrogen-bond donors (Lipinski definition) is 0. The molecular formula is C6H3N4NaO6. The van der Waals surface area contributed by atoms with Crippen LogP contribution in [-0.4, -0.2) is 15.0 Å². The van der Waals surface area contributed by atoms with Gasteiger partial charge in [0.1, 0.15) is 0 Å². The fourth-order valence-electron chi connectivity index (χ4n) is 1.24. The van der Waals surface area contributed by atoms with Gasteiger partial charge in [-0.15, -0.1) is 0 Å². The molecular weight excluding hydrogens is 247 g/mol. The van der Waals surface area contributed by atoms with E-state index in [0.717, 1.165) is 12.1 Å². The summed E-state index contributed by atoms with van der Waals surface area (Å²) in [6, 6.07) is 1.88. The molecule has 0 bridgehead atoms. The molecule has 0 radical (unpaired) electrons. The Morgan fingerprint density at radius 1 is 1.29 bits per heavy atom. The molecule has 0 atom stereocenters. The van der Waals surface area contributed by atoms with Crippen LogP contribution in [0.25, 0.3) is 11.0 Å². The fourth-order valence-corrected chi connectivity index (χ4v) is 1.24. The van der Waals surface area contributed by atoms with Crippen molar-refractivity contribution in [1.82, 2.24) is 5.16 Å². The maximum atomic E-state index is 10.9. The van der Waals surface area contributed by atoms with E-state index in [1.165, 1.54) is 0 Å². The summed E-state index contributed by atoms with van der Waals surface area (Å²) in [6.07, 6.45) is 0. The molecule has 0 amide bonds. The van der Waals surface area contributed by atoms with E-state index in [1.54, 1.807) is 0 Å². The zero-order valence-electron chi connectivity index (χ0n) is 9.39. The molecule has 1 aromatic heterocycles. The van der Waals surface area contributed by atoms with Crippen LogP contribution in [0.3, 0.4) is 0 Å². The van der Waals surface area contributed by atoms with Gasteiger partial charge in [-0.3, -0.25) is 24.9 Å². The largest absolute Gasteiger partial charge is 1.00 e. The number of fused-ring (bicyclic) bond motifs is 1. The van der Waals surface area contributed by atoms with Gasteiger partial charge < -0.3 is 6.63 Å². The van der Waals surface area contributed by atoms with Gasteiger partial charge in [0.15, 0.2) is 0 Å². The van der Waals surface area contributed by atoms with Crippen LogP contribution in [0.5, 0.6) is 0 Å². The molecule has 0 saturated heterocycles. The number of nitro groups is 2. The minimum atomic E-state index is -0.983. The molecule has 84 valence electrons. The quantitative estimate of drug-likeness (QED) is 0.246. The molecule has 0 spiro atoms. The van der Waals surface area contributed by atoms with Crippen LogP contribution in [0.15, 0.2) is 16.8 Å². The third-order valence-corrected chi connectivity index (χ3v) is 1.89. The molecule has 2 aromatic rings. The van der Waals surface area contributed by atoms with Crippen molar-refractivity contribution in [3.63, 3.8) is 0 Å². The monoisotopic (exact) mass is 250 g/mol. The van der Waals surface area contributed by atoms with E-state index in [9.17, 15) is 25.4 Å². The summed E-state index contributed by atoms with van der Waals surface area (Å²) in [5.41, 5.74) is -2.29. The van der Waals surface area contributed by atoms with Crippen LogP contribution in [0.4, 0.5) is 11.4 Å². The summed E-state index contributed by atoms with van der Waals surface area (Å²) in [7, 11) is 0. The summed E-state index contributed by atoms with van der Waals surface area (Å²) >= 11 is 0. The predicted molar refractivity (Wildman–Crippen MR) is 47.4 cm³/mol. The van der Waals surface area contributed by atoms with Gasteiger partial charge in [-0.05, 0) is 4.90 Å². The molecule has 0 aliphatic heterocycles. The second kappa shape index (κ2) is 4.61. The van der Waals surface area contributed by atoms with E-state index < -0.39 is 26.7 Å². The van der Waals surface area contributed by atoms with Gasteiger partial charge in [0.05, 0.1) is 15.0 Å². The summed E-state index contributed by atoms with van der Waals surface area (Å²) in [6.45, 7) is 0. The summed E-state index contributed by atoms with van der Waals surface area (Å²) in [4.78, 5) is 19.2. The first-order chi connectivity index (χ1) is 7.52. The Kier molecular flexibility index (Phi) is 3.60. The van der Waals surface area contributed by atoms with E-state index in [2.05, 4.69) is 9.79 Å². The van der Waals surface area contributed by atoms with Crippen molar-refractivity contribution in [2.24, 2.45) is 0 Å². The maximum absolute atomic E-state index is 10.9. The summed E-state index contributed by atoms with van der Waals surface area (Å²) in [5, 5.41) is 35.2. The Morgan fingerprint density at radius 2 is 1.94 bits per heavy atom. The Bertz CT molecular complexity index is 615. The zero-order chi connectivity index (χ0) is 11.9. The standard InChI is InChI=1S/C6H2N4O6.Na.H/c11-8(12)4-2-1-3-5(6(4)9(13)14)7-16-10(3)15;;/h1-2H;;/q;+1;-1. The molecule has 10 nitrogen and oxygen atoms in total. The van der Waals surface area contributed by atoms with Crippen LogP contribution in [-0.2, 0) is 0 Å². The van der Waals surface area contributed by atoms with Gasteiger partial charge in [-0.2, -0.15) is 0 Å². The van der Waals surface area contributed by atoms with Crippen molar-refractivity contribution < 1.29 is 50.4 Å². The molecule has 11 heteroatoms. The second-order valence-corrected chi connectivity index (χ2v) is 2.75. The number of hydrogen-bond acceptors (Lipinski definition) is 7. The first kappa shape index (κ1) is 13.3. The Balaban J connectivity index is 0.00000144. The normalized spacial score (nSPS) is 9.88. The van der Waals surface area contributed by atoms with E-state index >= 15 is 0 Å². The number of nitro benzene ring substituents is 2. The molecule has 0 fully saturated rings. The Hall–Kier alpha value is -1.78. The van der Waals surface area contributed by atoms with Crippen molar-refractivity contribution in [2.45, 2.75) is 0 Å². The zero-order valence-corrected chi connectivity index (χ0v) is 10.4. The average molecular weight is 250 g/mol. The molecule has 0 N–H and O–H groups in total. The third kappa shape index (κ3) is 2.05. The Morgan fingerprint density at radius 3 is 2.47 bits per heavy atom. The molecule has 0 aliphatic carbocycles. The molecule has 2 rings (SSSR count). The van der Waals surface area contributed by atoms with Crippen LogP contribution in [0.1, 0.15) is 1.43 Å². The minimum Gasteiger partial charge on any atom is -1.00 e. The van der Waals surface area contributed by atoms with Gasteiger partial charge in [-0.1, -0.05) is 0 Å². The van der Waals surface area contributed by atoms with Crippen LogP contribution >= 0.6 is 0 Å². The predicted octanol–water partition coefficient (Wildman–Crippen LogP) is -2.61. The van der Waals surface area contributed by atoms with Crippen LogP contribution in [0.2, 0.25) is 0 Å². The topological polar surface area (TPSA) is 139 Å². The molecule has 0 aliphatic rings. The van der Waals surface area contributed by atoms with Gasteiger partial charge in [0, 0.05) is 12.1 Å². The molecule has 1 aromatic carbocycles. The smallest absolute Gasteiger partial charge is 1.00 e. The van der Waals surface area contributed by atoms with Crippen LogP contribution in [0, 0.1) is 25.4 Å².